The Bertz CT molecular complexity index is 1060. The van der Waals surface area contributed by atoms with Gasteiger partial charge in [0, 0.05) is 30.4 Å². The van der Waals surface area contributed by atoms with Crippen LogP contribution in [0.2, 0.25) is 0 Å². The zero-order valence-corrected chi connectivity index (χ0v) is 14.5. The van der Waals surface area contributed by atoms with E-state index in [1.807, 2.05) is 24.3 Å². The fraction of sp³-hybridized carbons (Fsp3) is 0.200. The lowest BCUT2D eigenvalue weighted by atomic mass is 9.93. The van der Waals surface area contributed by atoms with Gasteiger partial charge in [-0.05, 0) is 29.8 Å². The van der Waals surface area contributed by atoms with Gasteiger partial charge in [0.05, 0.1) is 22.7 Å². The number of nitrogens with two attached hydrogens (primary N) is 1. The molecular weight excluding hydrogens is 340 g/mol. The van der Waals surface area contributed by atoms with Crippen LogP contribution in [0.5, 0.6) is 0 Å². The smallest absolute Gasteiger partial charge is 0.250 e. The zero-order valence-electron chi connectivity index (χ0n) is 14.5. The number of rotatable bonds is 4. The van der Waals surface area contributed by atoms with Gasteiger partial charge < -0.3 is 16.4 Å². The SMILES string of the molecule is N#Cc1cccc([C@@H]2CNC[C@@H]2Nc2ncnc3c(C(N)=O)cccc23)c1. The molecule has 7 nitrogen and oxygen atoms in total. The molecule has 2 heterocycles. The number of aromatic nitrogens is 2. The summed E-state index contributed by atoms with van der Waals surface area (Å²) in [5.41, 5.74) is 8.13. The molecule has 7 heteroatoms. The van der Waals surface area contributed by atoms with Crippen LogP contribution in [0.25, 0.3) is 10.9 Å². The molecule has 0 bridgehead atoms. The Morgan fingerprint density at radius 1 is 1.22 bits per heavy atom. The minimum atomic E-state index is -0.515. The minimum Gasteiger partial charge on any atom is -0.366 e. The molecule has 27 heavy (non-hydrogen) atoms. The molecule has 1 amide bonds. The van der Waals surface area contributed by atoms with Crippen molar-refractivity contribution in [1.82, 2.24) is 15.3 Å². The van der Waals surface area contributed by atoms with Gasteiger partial charge in [-0.2, -0.15) is 5.26 Å². The molecule has 4 rings (SSSR count). The van der Waals surface area contributed by atoms with Crippen LogP contribution >= 0.6 is 0 Å². The third-order valence-corrected chi connectivity index (χ3v) is 4.91. The lowest BCUT2D eigenvalue weighted by molar-refractivity contribution is 0.100. The molecule has 2 atom stereocenters. The Hall–Kier alpha value is -3.50. The van der Waals surface area contributed by atoms with E-state index in [-0.39, 0.29) is 12.0 Å². The average Bonchev–Trinajstić information content (AvgIpc) is 3.16. The first-order chi connectivity index (χ1) is 13.2. The Balaban J connectivity index is 1.68. The summed E-state index contributed by atoms with van der Waals surface area (Å²) in [5, 5.41) is 16.8. The maximum atomic E-state index is 11.7. The summed E-state index contributed by atoms with van der Waals surface area (Å²) in [4.78, 5) is 20.3. The number of hydrogen-bond donors (Lipinski definition) is 3. The number of nitrogens with zero attached hydrogens (tertiary/aromatic N) is 3. The maximum absolute atomic E-state index is 11.7. The maximum Gasteiger partial charge on any atom is 0.250 e. The van der Waals surface area contributed by atoms with Crippen LogP contribution in [0.15, 0.2) is 48.8 Å². The molecule has 134 valence electrons. The molecule has 0 unspecified atom stereocenters. The predicted molar refractivity (Wildman–Crippen MR) is 102 cm³/mol. The average molecular weight is 358 g/mol. The number of nitrogens with one attached hydrogen (secondary N) is 2. The number of benzene rings is 2. The summed E-state index contributed by atoms with van der Waals surface area (Å²) in [6.07, 6.45) is 1.44. The van der Waals surface area contributed by atoms with Gasteiger partial charge in [-0.15, -0.1) is 0 Å². The second-order valence-electron chi connectivity index (χ2n) is 6.54. The van der Waals surface area contributed by atoms with E-state index in [9.17, 15) is 4.79 Å². The molecule has 1 fully saturated rings. The van der Waals surface area contributed by atoms with Crippen LogP contribution in [0, 0.1) is 11.3 Å². The molecule has 1 aromatic heterocycles. The van der Waals surface area contributed by atoms with E-state index in [0.717, 1.165) is 24.0 Å². The van der Waals surface area contributed by atoms with Gasteiger partial charge in [-0.25, -0.2) is 9.97 Å². The molecular formula is C20H18N6O. The number of fused-ring (bicyclic) bond motifs is 1. The Kier molecular flexibility index (Phi) is 4.40. The molecule has 1 saturated heterocycles. The summed E-state index contributed by atoms with van der Waals surface area (Å²) in [6.45, 7) is 1.57. The van der Waals surface area contributed by atoms with Gasteiger partial charge in [-0.1, -0.05) is 18.2 Å². The van der Waals surface area contributed by atoms with Gasteiger partial charge in [0.2, 0.25) is 0 Å². The van der Waals surface area contributed by atoms with Crippen LogP contribution in [0.1, 0.15) is 27.4 Å². The van der Waals surface area contributed by atoms with E-state index in [0.29, 0.717) is 22.5 Å². The number of carbonyl (C=O) groups is 1. The molecule has 0 aliphatic carbocycles. The second kappa shape index (κ2) is 7.02. The number of amides is 1. The Morgan fingerprint density at radius 3 is 2.89 bits per heavy atom. The highest BCUT2D eigenvalue weighted by Gasteiger charge is 2.29. The van der Waals surface area contributed by atoms with Crippen molar-refractivity contribution in [3.63, 3.8) is 0 Å². The molecule has 4 N–H and O–H groups in total. The van der Waals surface area contributed by atoms with Crippen molar-refractivity contribution >= 4 is 22.6 Å². The fourth-order valence-electron chi connectivity index (χ4n) is 3.60. The summed E-state index contributed by atoms with van der Waals surface area (Å²) in [7, 11) is 0. The number of para-hydroxylation sites is 1. The van der Waals surface area contributed by atoms with Crippen LogP contribution in [0.4, 0.5) is 5.82 Å². The van der Waals surface area contributed by atoms with Gasteiger partial charge in [0.15, 0.2) is 0 Å². The van der Waals surface area contributed by atoms with Crippen molar-refractivity contribution in [3.8, 4) is 6.07 Å². The first-order valence-electron chi connectivity index (χ1n) is 8.68. The lowest BCUT2D eigenvalue weighted by Gasteiger charge is -2.22. The van der Waals surface area contributed by atoms with Crippen molar-refractivity contribution in [2.75, 3.05) is 18.4 Å². The second-order valence-corrected chi connectivity index (χ2v) is 6.54. The molecule has 2 aromatic carbocycles. The van der Waals surface area contributed by atoms with Crippen molar-refractivity contribution in [1.29, 1.82) is 5.26 Å². The number of anilines is 1. The van der Waals surface area contributed by atoms with Crippen molar-refractivity contribution in [2.24, 2.45) is 5.73 Å². The van der Waals surface area contributed by atoms with Crippen molar-refractivity contribution in [2.45, 2.75) is 12.0 Å². The molecule has 1 aliphatic rings. The third-order valence-electron chi connectivity index (χ3n) is 4.91. The summed E-state index contributed by atoms with van der Waals surface area (Å²) in [5.74, 6) is 0.347. The molecule has 0 radical (unpaired) electrons. The zero-order chi connectivity index (χ0) is 18.8. The lowest BCUT2D eigenvalue weighted by Crippen LogP contribution is -2.28. The first-order valence-corrected chi connectivity index (χ1v) is 8.68. The highest BCUT2D eigenvalue weighted by molar-refractivity contribution is 6.06. The third kappa shape index (κ3) is 3.18. The highest BCUT2D eigenvalue weighted by atomic mass is 16.1. The number of primary amides is 1. The van der Waals surface area contributed by atoms with Crippen LogP contribution < -0.4 is 16.4 Å². The summed E-state index contributed by atoms with van der Waals surface area (Å²) in [6, 6.07) is 15.3. The summed E-state index contributed by atoms with van der Waals surface area (Å²) >= 11 is 0. The van der Waals surface area contributed by atoms with Gasteiger partial charge >= 0.3 is 0 Å². The van der Waals surface area contributed by atoms with E-state index < -0.39 is 5.91 Å². The van der Waals surface area contributed by atoms with Crippen LogP contribution in [-0.2, 0) is 0 Å². The van der Waals surface area contributed by atoms with Gasteiger partial charge in [-0.3, -0.25) is 4.79 Å². The van der Waals surface area contributed by atoms with E-state index >= 15 is 0 Å². The van der Waals surface area contributed by atoms with Gasteiger partial charge in [0.1, 0.15) is 12.1 Å². The van der Waals surface area contributed by atoms with Gasteiger partial charge in [0.25, 0.3) is 5.91 Å². The molecule has 0 spiro atoms. The largest absolute Gasteiger partial charge is 0.366 e. The first kappa shape index (κ1) is 16.9. The van der Waals surface area contributed by atoms with E-state index in [2.05, 4.69) is 26.7 Å². The van der Waals surface area contributed by atoms with E-state index in [1.165, 1.54) is 6.33 Å². The standard InChI is InChI=1S/C20H18N6O/c21-8-12-3-1-4-13(7-12)16-9-23-10-17(16)26-20-15-6-2-5-14(19(22)27)18(15)24-11-25-20/h1-7,11,16-17,23H,9-10H2,(H2,22,27)(H,24,25,26)/t16-,17-/m0/s1. The number of hydrogen-bond acceptors (Lipinski definition) is 6. The minimum absolute atomic E-state index is 0.0919. The van der Waals surface area contributed by atoms with Crippen molar-refractivity contribution < 1.29 is 4.79 Å². The molecule has 1 aliphatic heterocycles. The summed E-state index contributed by atoms with van der Waals surface area (Å²) < 4.78 is 0. The quantitative estimate of drug-likeness (QED) is 0.654. The molecule has 3 aromatic rings. The Morgan fingerprint density at radius 2 is 2.07 bits per heavy atom. The van der Waals surface area contributed by atoms with Crippen LogP contribution in [-0.4, -0.2) is 35.0 Å². The fourth-order valence-corrected chi connectivity index (χ4v) is 3.60. The number of carbonyl (C=O) groups excluding carboxylic acids is 1. The number of nitriles is 1. The Labute approximate surface area is 156 Å². The van der Waals surface area contributed by atoms with Crippen molar-refractivity contribution in [3.05, 3.63) is 65.5 Å². The normalized spacial score (nSPS) is 18.9. The van der Waals surface area contributed by atoms with E-state index in [1.54, 1.807) is 18.2 Å². The molecule has 0 saturated carbocycles. The van der Waals surface area contributed by atoms with Crippen LogP contribution in [0.3, 0.4) is 0 Å². The predicted octanol–water partition coefficient (Wildman–Crippen LogP) is 1.77. The monoisotopic (exact) mass is 358 g/mol. The highest BCUT2D eigenvalue weighted by Crippen LogP contribution is 2.29. The topological polar surface area (TPSA) is 117 Å². The van der Waals surface area contributed by atoms with E-state index in [4.69, 9.17) is 11.0 Å².